The van der Waals surface area contributed by atoms with Gasteiger partial charge in [0.05, 0.1) is 36.5 Å². The van der Waals surface area contributed by atoms with E-state index < -0.39 is 0 Å². The number of esters is 1. The molecule has 0 radical (unpaired) electrons. The van der Waals surface area contributed by atoms with Crippen molar-refractivity contribution in [2.45, 2.75) is 0 Å². The smallest absolute Gasteiger partial charge is 0.337 e. The Labute approximate surface area is 81.0 Å². The van der Waals surface area contributed by atoms with Crippen LogP contribution in [0.5, 0.6) is 0 Å². The molecule has 0 N–H and O–H groups in total. The minimum Gasteiger partial charge on any atom is -0.465 e. The number of nitrogens with zero attached hydrogens (tertiary/aromatic N) is 2. The molecular weight excluding hydrogens is 180 g/mol. The molecule has 0 atom stereocenters. The Morgan fingerprint density at radius 3 is 2.71 bits per heavy atom. The highest BCUT2D eigenvalue weighted by Crippen LogP contribution is 1.95. The summed E-state index contributed by atoms with van der Waals surface area (Å²) >= 11 is 0. The second kappa shape index (κ2) is 3.57. The molecule has 1 aliphatic rings. The van der Waals surface area contributed by atoms with Crippen molar-refractivity contribution in [3.8, 4) is 0 Å². The van der Waals surface area contributed by atoms with Crippen LogP contribution in [-0.2, 0) is 4.74 Å². The molecule has 1 aromatic carbocycles. The van der Waals surface area contributed by atoms with Gasteiger partial charge in [-0.15, -0.1) is 0 Å². The lowest BCUT2D eigenvalue weighted by atomic mass is 10.2. The van der Waals surface area contributed by atoms with Crippen LogP contribution in [0.1, 0.15) is 10.4 Å². The number of hydrogen-bond donors (Lipinski definition) is 0. The predicted octanol–water partition coefficient (Wildman–Crippen LogP) is -0.274. The lowest BCUT2D eigenvalue weighted by Crippen LogP contribution is -2.30. The van der Waals surface area contributed by atoms with Gasteiger partial charge < -0.3 is 4.74 Å². The summed E-state index contributed by atoms with van der Waals surface area (Å²) in [5, 5.41) is 1.63. The van der Waals surface area contributed by atoms with Crippen LogP contribution in [0, 0.1) is 0 Å². The summed E-state index contributed by atoms with van der Waals surface area (Å²) in [5.41, 5.74) is 0.520. The van der Waals surface area contributed by atoms with Crippen LogP contribution in [0.3, 0.4) is 0 Å². The summed E-state index contributed by atoms with van der Waals surface area (Å²) in [6.45, 7) is 1.42. The van der Waals surface area contributed by atoms with E-state index in [1.807, 2.05) is 0 Å². The Balaban J connectivity index is 2.55. The Morgan fingerprint density at radius 1 is 1.29 bits per heavy atom. The third-order valence-electron chi connectivity index (χ3n) is 2.06. The van der Waals surface area contributed by atoms with E-state index in [9.17, 15) is 4.79 Å². The first-order chi connectivity index (χ1) is 6.81. The first-order valence-electron chi connectivity index (χ1n) is 4.38. The summed E-state index contributed by atoms with van der Waals surface area (Å²) < 4.78 is 4.62. The van der Waals surface area contributed by atoms with Crippen molar-refractivity contribution < 1.29 is 9.53 Å². The number of fused-ring (bicyclic) bond motifs is 1. The molecule has 0 unspecified atom stereocenters. The molecule has 0 aliphatic carbocycles. The SMILES string of the molecule is COC(=O)c1ccc2c(c1)=NCCN=2. The van der Waals surface area contributed by atoms with Crippen molar-refractivity contribution in [1.82, 2.24) is 0 Å². The van der Waals surface area contributed by atoms with Gasteiger partial charge in [0.2, 0.25) is 0 Å². The summed E-state index contributed by atoms with van der Waals surface area (Å²) in [6.07, 6.45) is 0. The van der Waals surface area contributed by atoms with Crippen molar-refractivity contribution in [1.29, 1.82) is 0 Å². The summed E-state index contributed by atoms with van der Waals surface area (Å²) in [6, 6.07) is 5.21. The third kappa shape index (κ3) is 1.51. The molecule has 72 valence electrons. The molecule has 0 amide bonds. The second-order valence-corrected chi connectivity index (χ2v) is 2.96. The van der Waals surface area contributed by atoms with Crippen LogP contribution in [-0.4, -0.2) is 26.2 Å². The van der Waals surface area contributed by atoms with E-state index in [4.69, 9.17) is 0 Å². The molecular formula is C10H10N2O2. The highest BCUT2D eigenvalue weighted by molar-refractivity contribution is 5.89. The van der Waals surface area contributed by atoms with Gasteiger partial charge in [-0.25, -0.2) is 4.79 Å². The van der Waals surface area contributed by atoms with Gasteiger partial charge >= 0.3 is 5.97 Å². The molecule has 0 spiro atoms. The fourth-order valence-corrected chi connectivity index (χ4v) is 1.37. The predicted molar refractivity (Wildman–Crippen MR) is 49.8 cm³/mol. The summed E-state index contributed by atoms with van der Waals surface area (Å²) in [7, 11) is 1.36. The van der Waals surface area contributed by atoms with Gasteiger partial charge in [0, 0.05) is 0 Å². The topological polar surface area (TPSA) is 51.0 Å². The second-order valence-electron chi connectivity index (χ2n) is 2.96. The molecule has 4 heteroatoms. The van der Waals surface area contributed by atoms with Gasteiger partial charge in [-0.1, -0.05) is 0 Å². The monoisotopic (exact) mass is 190 g/mol. The number of carbonyl (C=O) groups is 1. The van der Waals surface area contributed by atoms with Crippen LogP contribution >= 0.6 is 0 Å². The molecule has 1 aromatic rings. The first-order valence-corrected chi connectivity index (χ1v) is 4.38. The Hall–Kier alpha value is -1.71. The van der Waals surface area contributed by atoms with Crippen molar-refractivity contribution in [2.24, 2.45) is 9.98 Å². The zero-order chi connectivity index (χ0) is 9.97. The van der Waals surface area contributed by atoms with Crippen LogP contribution in [0.25, 0.3) is 0 Å². The molecule has 0 bridgehead atoms. The summed E-state index contributed by atoms with van der Waals surface area (Å²) in [5.74, 6) is -0.339. The molecule has 14 heavy (non-hydrogen) atoms. The summed E-state index contributed by atoms with van der Waals surface area (Å²) in [4.78, 5) is 19.7. The van der Waals surface area contributed by atoms with Gasteiger partial charge in [-0.2, -0.15) is 0 Å². The Morgan fingerprint density at radius 2 is 2.00 bits per heavy atom. The number of benzene rings is 1. The quantitative estimate of drug-likeness (QED) is 0.572. The van der Waals surface area contributed by atoms with Gasteiger partial charge in [0.15, 0.2) is 0 Å². The van der Waals surface area contributed by atoms with Gasteiger partial charge in [-0.05, 0) is 18.2 Å². The van der Waals surface area contributed by atoms with Gasteiger partial charge in [0.25, 0.3) is 0 Å². The number of methoxy groups -OCH3 is 1. The van der Waals surface area contributed by atoms with E-state index in [2.05, 4.69) is 14.7 Å². The van der Waals surface area contributed by atoms with Crippen LogP contribution < -0.4 is 10.7 Å². The average molecular weight is 190 g/mol. The van der Waals surface area contributed by atoms with Gasteiger partial charge in [0.1, 0.15) is 0 Å². The maximum absolute atomic E-state index is 11.2. The molecule has 0 saturated carbocycles. The molecule has 0 fully saturated rings. The van der Waals surface area contributed by atoms with Crippen molar-refractivity contribution >= 4 is 5.97 Å². The third-order valence-corrected chi connectivity index (χ3v) is 2.06. The van der Waals surface area contributed by atoms with E-state index in [0.717, 1.165) is 17.3 Å². The van der Waals surface area contributed by atoms with Gasteiger partial charge in [-0.3, -0.25) is 9.98 Å². The van der Waals surface area contributed by atoms with Crippen LogP contribution in [0.4, 0.5) is 0 Å². The minimum absolute atomic E-state index is 0.339. The minimum atomic E-state index is -0.339. The fraction of sp³-hybridized carbons (Fsp3) is 0.300. The number of carbonyl (C=O) groups excluding carboxylic acids is 1. The zero-order valence-electron chi connectivity index (χ0n) is 7.86. The van der Waals surface area contributed by atoms with E-state index in [1.165, 1.54) is 7.11 Å². The standard InChI is InChI=1S/C10H10N2O2/c1-14-10(13)7-2-3-8-9(6-7)12-5-4-11-8/h2-3,6H,4-5H2,1H3. The van der Waals surface area contributed by atoms with Crippen molar-refractivity contribution in [3.05, 3.63) is 34.5 Å². The van der Waals surface area contributed by atoms with E-state index in [0.29, 0.717) is 12.1 Å². The first kappa shape index (κ1) is 8.87. The highest BCUT2D eigenvalue weighted by Gasteiger charge is 2.05. The average Bonchev–Trinajstić information content (AvgIpc) is 2.27. The Bertz CT molecular complexity index is 479. The highest BCUT2D eigenvalue weighted by atomic mass is 16.5. The molecule has 0 saturated heterocycles. The van der Waals surface area contributed by atoms with Crippen LogP contribution in [0.2, 0.25) is 0 Å². The molecule has 4 nitrogen and oxygen atoms in total. The molecule has 1 aliphatic heterocycles. The van der Waals surface area contributed by atoms with E-state index >= 15 is 0 Å². The lowest BCUT2D eigenvalue weighted by Gasteiger charge is -2.01. The normalized spacial score (nSPS) is 13.5. The maximum Gasteiger partial charge on any atom is 0.337 e. The molecule has 0 aromatic heterocycles. The molecule has 1 heterocycles. The van der Waals surface area contributed by atoms with Crippen molar-refractivity contribution in [3.63, 3.8) is 0 Å². The Kier molecular flexibility index (Phi) is 2.26. The zero-order valence-corrected chi connectivity index (χ0v) is 7.86. The lowest BCUT2D eigenvalue weighted by molar-refractivity contribution is 0.0600. The molecule has 2 rings (SSSR count). The number of ether oxygens (including phenoxy) is 1. The largest absolute Gasteiger partial charge is 0.465 e. The maximum atomic E-state index is 11.2. The number of hydrogen-bond acceptors (Lipinski definition) is 4. The van der Waals surface area contributed by atoms with E-state index in [-0.39, 0.29) is 5.97 Å². The van der Waals surface area contributed by atoms with Crippen molar-refractivity contribution in [2.75, 3.05) is 20.2 Å². The number of rotatable bonds is 1. The van der Waals surface area contributed by atoms with E-state index in [1.54, 1.807) is 18.2 Å². The van der Waals surface area contributed by atoms with Crippen LogP contribution in [0.15, 0.2) is 28.2 Å². The fourth-order valence-electron chi connectivity index (χ4n) is 1.37.